The van der Waals surface area contributed by atoms with Crippen LogP contribution in [-0.2, 0) is 6.42 Å². The van der Waals surface area contributed by atoms with Gasteiger partial charge >= 0.3 is 0 Å². The fourth-order valence-corrected chi connectivity index (χ4v) is 2.77. The number of phenolic OH excluding ortho intramolecular Hbond substituents is 1. The monoisotopic (exact) mass is 282 g/mol. The number of carbonyl (C=O) groups excluding carboxylic acids is 1. The van der Waals surface area contributed by atoms with E-state index in [0.29, 0.717) is 17.8 Å². The van der Waals surface area contributed by atoms with Gasteiger partial charge in [-0.3, -0.25) is 4.79 Å². The summed E-state index contributed by atoms with van der Waals surface area (Å²) >= 11 is 0. The summed E-state index contributed by atoms with van der Waals surface area (Å²) in [5.41, 5.74) is 9.75. The Balaban J connectivity index is 2.04. The molecule has 4 nitrogen and oxygen atoms in total. The third kappa shape index (κ3) is 2.44. The minimum atomic E-state index is -0.178. The minimum Gasteiger partial charge on any atom is -0.507 e. The van der Waals surface area contributed by atoms with Crippen LogP contribution in [-0.4, -0.2) is 17.6 Å². The predicted molar refractivity (Wildman–Crippen MR) is 83.7 cm³/mol. The zero-order valence-corrected chi connectivity index (χ0v) is 12.0. The number of aromatic hydroxyl groups is 1. The third-order valence-corrected chi connectivity index (χ3v) is 3.86. The maximum absolute atomic E-state index is 12.8. The molecule has 3 rings (SSSR count). The van der Waals surface area contributed by atoms with Crippen molar-refractivity contribution in [2.75, 3.05) is 17.2 Å². The number of fused-ring (bicyclic) bond motifs is 1. The number of hydrogen-bond acceptors (Lipinski definition) is 3. The quantitative estimate of drug-likeness (QED) is 0.790. The van der Waals surface area contributed by atoms with Crippen molar-refractivity contribution in [3.05, 3.63) is 53.1 Å². The van der Waals surface area contributed by atoms with Gasteiger partial charge in [0, 0.05) is 17.9 Å². The number of nitrogen functional groups attached to an aromatic ring is 1. The Morgan fingerprint density at radius 1 is 1.24 bits per heavy atom. The molecule has 3 N–H and O–H groups in total. The van der Waals surface area contributed by atoms with Crippen LogP contribution in [0.25, 0.3) is 0 Å². The molecule has 1 aliphatic heterocycles. The van der Waals surface area contributed by atoms with E-state index >= 15 is 0 Å². The second-order valence-electron chi connectivity index (χ2n) is 5.47. The second-order valence-corrected chi connectivity index (χ2v) is 5.47. The molecule has 0 spiro atoms. The number of nitrogens with two attached hydrogens (primary N) is 1. The molecule has 0 atom stereocenters. The normalized spacial score (nSPS) is 13.9. The molecule has 2 aromatic rings. The lowest BCUT2D eigenvalue weighted by molar-refractivity contribution is 0.0982. The Morgan fingerprint density at radius 2 is 2.05 bits per heavy atom. The van der Waals surface area contributed by atoms with Gasteiger partial charge in [-0.15, -0.1) is 0 Å². The van der Waals surface area contributed by atoms with Crippen molar-refractivity contribution >= 4 is 17.3 Å². The van der Waals surface area contributed by atoms with Crippen LogP contribution in [0.15, 0.2) is 36.4 Å². The van der Waals surface area contributed by atoms with E-state index < -0.39 is 0 Å². The number of amides is 1. The number of nitrogens with zero attached hydrogens (tertiary/aromatic N) is 1. The van der Waals surface area contributed by atoms with Crippen molar-refractivity contribution < 1.29 is 9.90 Å². The van der Waals surface area contributed by atoms with Gasteiger partial charge in [-0.1, -0.05) is 17.7 Å². The Bertz CT molecular complexity index is 710. The summed E-state index contributed by atoms with van der Waals surface area (Å²) in [5.74, 6) is -0.163. The van der Waals surface area contributed by atoms with E-state index in [9.17, 15) is 9.90 Å². The minimum absolute atomic E-state index is 0.0154. The first-order chi connectivity index (χ1) is 10.1. The summed E-state index contributed by atoms with van der Waals surface area (Å²) in [6.07, 6.45) is 1.86. The average Bonchev–Trinajstić information content (AvgIpc) is 2.48. The number of aryl methyl sites for hydroxylation is 2. The highest BCUT2D eigenvalue weighted by Crippen LogP contribution is 2.31. The zero-order chi connectivity index (χ0) is 15.0. The Labute approximate surface area is 123 Å². The molecule has 2 aromatic carbocycles. The molecule has 0 fully saturated rings. The van der Waals surface area contributed by atoms with Crippen LogP contribution >= 0.6 is 0 Å². The van der Waals surface area contributed by atoms with Gasteiger partial charge in [0.2, 0.25) is 0 Å². The van der Waals surface area contributed by atoms with Crippen molar-refractivity contribution in [2.24, 2.45) is 0 Å². The second kappa shape index (κ2) is 5.13. The smallest absolute Gasteiger partial charge is 0.262 e. The molecule has 0 radical (unpaired) electrons. The van der Waals surface area contributed by atoms with E-state index in [2.05, 4.69) is 0 Å². The van der Waals surface area contributed by atoms with Crippen LogP contribution in [0.3, 0.4) is 0 Å². The maximum atomic E-state index is 12.8. The zero-order valence-electron chi connectivity index (χ0n) is 12.0. The molecule has 0 saturated heterocycles. The van der Waals surface area contributed by atoms with E-state index in [1.807, 2.05) is 25.1 Å². The molecule has 0 aliphatic carbocycles. The van der Waals surface area contributed by atoms with Gasteiger partial charge in [0.1, 0.15) is 5.75 Å². The molecule has 1 amide bonds. The highest BCUT2D eigenvalue weighted by Gasteiger charge is 2.25. The Morgan fingerprint density at radius 3 is 2.86 bits per heavy atom. The molecule has 108 valence electrons. The van der Waals surface area contributed by atoms with Crippen molar-refractivity contribution in [3.63, 3.8) is 0 Å². The molecule has 4 heteroatoms. The van der Waals surface area contributed by atoms with Crippen molar-refractivity contribution in [3.8, 4) is 5.75 Å². The van der Waals surface area contributed by atoms with E-state index in [4.69, 9.17) is 5.73 Å². The number of hydrogen-bond donors (Lipinski definition) is 2. The fraction of sp³-hybridized carbons (Fsp3) is 0.235. The first kappa shape index (κ1) is 13.5. The molecule has 0 saturated carbocycles. The van der Waals surface area contributed by atoms with Gasteiger partial charge in [-0.05, 0) is 49.6 Å². The Kier molecular flexibility index (Phi) is 3.29. The van der Waals surface area contributed by atoms with Gasteiger partial charge < -0.3 is 15.7 Å². The van der Waals surface area contributed by atoms with Gasteiger partial charge in [0.05, 0.1) is 5.56 Å². The topological polar surface area (TPSA) is 66.6 Å². The van der Waals surface area contributed by atoms with E-state index in [0.717, 1.165) is 29.7 Å². The Hall–Kier alpha value is -2.49. The van der Waals surface area contributed by atoms with Crippen LogP contribution in [0.5, 0.6) is 5.75 Å². The summed E-state index contributed by atoms with van der Waals surface area (Å²) in [5, 5.41) is 9.97. The number of benzene rings is 2. The summed E-state index contributed by atoms with van der Waals surface area (Å²) < 4.78 is 0. The molecule has 0 unspecified atom stereocenters. The summed E-state index contributed by atoms with van der Waals surface area (Å²) in [7, 11) is 0. The average molecular weight is 282 g/mol. The lowest BCUT2D eigenvalue weighted by atomic mass is 9.99. The van der Waals surface area contributed by atoms with E-state index in [1.165, 1.54) is 0 Å². The van der Waals surface area contributed by atoms with Gasteiger partial charge in [0.15, 0.2) is 0 Å². The lowest BCUT2D eigenvalue weighted by Gasteiger charge is -2.30. The molecular weight excluding hydrogens is 264 g/mol. The molecule has 0 aromatic heterocycles. The van der Waals surface area contributed by atoms with Gasteiger partial charge in [-0.25, -0.2) is 0 Å². The van der Waals surface area contributed by atoms with Crippen LogP contribution in [0, 0.1) is 6.92 Å². The molecule has 1 heterocycles. The number of anilines is 2. The highest BCUT2D eigenvalue weighted by atomic mass is 16.3. The maximum Gasteiger partial charge on any atom is 0.262 e. The van der Waals surface area contributed by atoms with Crippen LogP contribution in [0.1, 0.15) is 27.9 Å². The molecule has 0 bridgehead atoms. The largest absolute Gasteiger partial charge is 0.507 e. The SMILES string of the molecule is Cc1ccc(O)c(C(=O)N2CCCc3ccc(N)cc32)c1. The van der Waals surface area contributed by atoms with Gasteiger partial charge in [0.25, 0.3) is 5.91 Å². The van der Waals surface area contributed by atoms with Gasteiger partial charge in [-0.2, -0.15) is 0 Å². The fourth-order valence-electron chi connectivity index (χ4n) is 2.77. The third-order valence-electron chi connectivity index (χ3n) is 3.86. The van der Waals surface area contributed by atoms with Crippen molar-refractivity contribution in [2.45, 2.75) is 19.8 Å². The van der Waals surface area contributed by atoms with Crippen LogP contribution in [0.2, 0.25) is 0 Å². The number of phenols is 1. The number of carbonyl (C=O) groups is 1. The standard InChI is InChI=1S/C17H18N2O2/c1-11-4-7-16(20)14(9-11)17(21)19-8-2-3-12-5-6-13(18)10-15(12)19/h4-7,9-10,20H,2-3,8,18H2,1H3. The molecule has 1 aliphatic rings. The predicted octanol–water partition coefficient (Wildman–Crippen LogP) is 2.88. The van der Waals surface area contributed by atoms with E-state index in [1.54, 1.807) is 23.1 Å². The van der Waals surface area contributed by atoms with Crippen molar-refractivity contribution in [1.29, 1.82) is 0 Å². The first-order valence-corrected chi connectivity index (χ1v) is 7.06. The highest BCUT2D eigenvalue weighted by molar-refractivity contribution is 6.08. The van der Waals surface area contributed by atoms with E-state index in [-0.39, 0.29) is 11.7 Å². The number of rotatable bonds is 1. The first-order valence-electron chi connectivity index (χ1n) is 7.06. The summed E-state index contributed by atoms with van der Waals surface area (Å²) in [4.78, 5) is 14.5. The van der Waals surface area contributed by atoms with Crippen LogP contribution in [0.4, 0.5) is 11.4 Å². The summed E-state index contributed by atoms with van der Waals surface area (Å²) in [6, 6.07) is 10.7. The lowest BCUT2D eigenvalue weighted by Crippen LogP contribution is -2.35. The van der Waals surface area contributed by atoms with Crippen LogP contribution < -0.4 is 10.6 Å². The van der Waals surface area contributed by atoms with Crippen molar-refractivity contribution in [1.82, 2.24) is 0 Å². The molecule has 21 heavy (non-hydrogen) atoms. The summed E-state index contributed by atoms with van der Waals surface area (Å²) in [6.45, 7) is 2.54. The molecular formula is C17H18N2O2.